The van der Waals surface area contributed by atoms with Crippen molar-refractivity contribution in [1.29, 1.82) is 0 Å². The smallest absolute Gasteiger partial charge is 0.220 e. The average molecular weight is 910 g/mol. The van der Waals surface area contributed by atoms with Gasteiger partial charge in [0.1, 0.15) is 24.4 Å². The van der Waals surface area contributed by atoms with E-state index >= 15 is 0 Å². The van der Waals surface area contributed by atoms with Gasteiger partial charge in [-0.2, -0.15) is 0 Å². The lowest BCUT2D eigenvalue weighted by molar-refractivity contribution is -0.302. The third-order valence-corrected chi connectivity index (χ3v) is 11.6. The highest BCUT2D eigenvalue weighted by molar-refractivity contribution is 5.76. The van der Waals surface area contributed by atoms with E-state index in [1.807, 2.05) is 13.0 Å². The summed E-state index contributed by atoms with van der Waals surface area (Å²) in [5.41, 5.74) is 0. The molecule has 372 valence electrons. The van der Waals surface area contributed by atoms with Gasteiger partial charge in [-0.05, 0) is 70.6 Å². The van der Waals surface area contributed by atoms with Crippen molar-refractivity contribution in [3.05, 3.63) is 97.2 Å². The molecule has 0 bridgehead atoms. The van der Waals surface area contributed by atoms with Crippen molar-refractivity contribution in [3.63, 3.8) is 0 Å². The molecule has 9 heteroatoms. The Labute approximate surface area is 396 Å². The van der Waals surface area contributed by atoms with Crippen molar-refractivity contribution in [2.24, 2.45) is 0 Å². The number of hydrogen-bond donors (Lipinski definition) is 6. The fraction of sp³-hybridized carbons (Fsp3) is 0.696. The Morgan fingerprint density at radius 2 is 0.954 bits per heavy atom. The van der Waals surface area contributed by atoms with Crippen molar-refractivity contribution in [1.82, 2.24) is 5.32 Å². The maximum atomic E-state index is 12.8. The number of aliphatic hydroxyl groups excluding tert-OH is 5. The van der Waals surface area contributed by atoms with Crippen LogP contribution in [-0.4, -0.2) is 87.5 Å². The van der Waals surface area contributed by atoms with E-state index < -0.39 is 49.5 Å². The molecule has 0 radical (unpaired) electrons. The number of allylic oxidation sites excluding steroid dienone is 15. The summed E-state index contributed by atoms with van der Waals surface area (Å²) in [5, 5.41) is 53.5. The number of nitrogens with one attached hydrogen (secondary N) is 1. The number of carbonyl (C=O) groups excluding carboxylic acids is 1. The Morgan fingerprint density at radius 1 is 0.538 bits per heavy atom. The highest BCUT2D eigenvalue weighted by Crippen LogP contribution is 2.22. The first-order chi connectivity index (χ1) is 31.8. The van der Waals surface area contributed by atoms with Gasteiger partial charge in [-0.1, -0.05) is 214 Å². The molecule has 1 aliphatic heterocycles. The molecule has 1 rings (SSSR count). The zero-order valence-corrected chi connectivity index (χ0v) is 41.0. The van der Waals surface area contributed by atoms with E-state index in [-0.39, 0.29) is 12.5 Å². The number of hydrogen-bond acceptors (Lipinski definition) is 8. The van der Waals surface area contributed by atoms with E-state index in [2.05, 4.69) is 97.3 Å². The van der Waals surface area contributed by atoms with Crippen LogP contribution >= 0.6 is 0 Å². The molecule has 0 aromatic heterocycles. The third-order valence-electron chi connectivity index (χ3n) is 11.6. The average Bonchev–Trinajstić information content (AvgIpc) is 3.30. The second-order valence-corrected chi connectivity index (χ2v) is 17.6. The fourth-order valence-corrected chi connectivity index (χ4v) is 7.55. The molecule has 0 aromatic rings. The van der Waals surface area contributed by atoms with Gasteiger partial charge in [-0.3, -0.25) is 4.79 Å². The van der Waals surface area contributed by atoms with Gasteiger partial charge in [-0.15, -0.1) is 0 Å². The number of carbonyl (C=O) groups is 1. The Kier molecular flexibility index (Phi) is 41.6. The summed E-state index contributed by atoms with van der Waals surface area (Å²) in [4.78, 5) is 12.8. The molecule has 0 aliphatic carbocycles. The van der Waals surface area contributed by atoms with Gasteiger partial charge >= 0.3 is 0 Å². The summed E-state index contributed by atoms with van der Waals surface area (Å²) in [6.07, 6.45) is 58.8. The molecule has 1 amide bonds. The molecule has 65 heavy (non-hydrogen) atoms. The normalized spacial score (nSPS) is 20.8. The van der Waals surface area contributed by atoms with Gasteiger partial charge in [-0.25, -0.2) is 0 Å². The van der Waals surface area contributed by atoms with Crippen LogP contribution in [0.1, 0.15) is 194 Å². The van der Waals surface area contributed by atoms with E-state index in [0.717, 1.165) is 77.0 Å². The van der Waals surface area contributed by atoms with Crippen LogP contribution in [-0.2, 0) is 14.3 Å². The summed E-state index contributed by atoms with van der Waals surface area (Å²) in [6.45, 7) is 3.43. The van der Waals surface area contributed by atoms with E-state index in [1.54, 1.807) is 6.08 Å². The third kappa shape index (κ3) is 35.0. The molecule has 1 fully saturated rings. The van der Waals surface area contributed by atoms with Crippen LogP contribution in [0.2, 0.25) is 0 Å². The quantitative estimate of drug-likeness (QED) is 0.0262. The van der Waals surface area contributed by atoms with Crippen molar-refractivity contribution < 1.29 is 39.8 Å². The minimum Gasteiger partial charge on any atom is -0.394 e. The molecule has 0 saturated carbocycles. The van der Waals surface area contributed by atoms with Crippen molar-refractivity contribution >= 4 is 5.91 Å². The predicted octanol–water partition coefficient (Wildman–Crippen LogP) is 12.1. The second kappa shape index (κ2) is 44.9. The molecule has 7 unspecified atom stereocenters. The molecule has 0 aromatic carbocycles. The maximum Gasteiger partial charge on any atom is 0.220 e. The molecule has 1 saturated heterocycles. The zero-order valence-electron chi connectivity index (χ0n) is 41.0. The summed E-state index contributed by atoms with van der Waals surface area (Å²) in [6, 6.07) is -0.803. The molecular weight excluding hydrogens is 815 g/mol. The lowest BCUT2D eigenvalue weighted by Gasteiger charge is -2.40. The SMILES string of the molecule is CC/C=C\C/C=C\C/C=C\C/C=C\C/C=C\C/C=C\C/C=C\CCCCCCCCCCCCCCCCCCCC(=O)NC(COC1OC(CO)C(O)C(O)C1O)C(O)/C=C/CCC. The minimum absolute atomic E-state index is 0.192. The highest BCUT2D eigenvalue weighted by atomic mass is 16.7. The lowest BCUT2D eigenvalue weighted by atomic mass is 9.99. The van der Waals surface area contributed by atoms with Gasteiger partial charge in [0.25, 0.3) is 0 Å². The van der Waals surface area contributed by atoms with Crippen molar-refractivity contribution in [2.75, 3.05) is 13.2 Å². The Balaban J connectivity index is 1.96. The standard InChI is InChI=1S/C56H95NO8/c1-3-5-7-8-9-10-11-12-13-14-15-16-17-18-19-20-21-22-23-24-25-26-27-28-29-30-31-32-33-34-35-36-37-38-39-40-41-42-44-46-52(60)57-49(50(59)45-43-6-4-2)48-64-56-55(63)54(62)53(61)51(47-58)65-56/h5,7,9-10,12-13,15-16,18-19,21-22,24-25,43,45,49-51,53-56,58-59,61-63H,3-4,6,8,11,14,17,20,23,26-42,44,46-48H2,1-2H3,(H,57,60)/b7-5-,10-9-,13-12-,16-15-,19-18-,22-21-,25-24-,45-43+. The van der Waals surface area contributed by atoms with Crippen LogP contribution in [0, 0.1) is 0 Å². The number of amides is 1. The van der Waals surface area contributed by atoms with Crippen LogP contribution in [0.4, 0.5) is 0 Å². The van der Waals surface area contributed by atoms with Crippen LogP contribution in [0.25, 0.3) is 0 Å². The Hall–Kier alpha value is -2.89. The molecule has 7 atom stereocenters. The van der Waals surface area contributed by atoms with Gasteiger partial charge in [0.05, 0.1) is 25.4 Å². The lowest BCUT2D eigenvalue weighted by Crippen LogP contribution is -2.60. The van der Waals surface area contributed by atoms with E-state index in [4.69, 9.17) is 9.47 Å². The first-order valence-electron chi connectivity index (χ1n) is 26.0. The second-order valence-electron chi connectivity index (χ2n) is 17.6. The fourth-order valence-electron chi connectivity index (χ4n) is 7.55. The number of unbranched alkanes of at least 4 members (excludes halogenated alkanes) is 18. The molecule has 0 spiro atoms. The topological polar surface area (TPSA) is 149 Å². The Bertz CT molecular complexity index is 1330. The maximum absolute atomic E-state index is 12.8. The van der Waals surface area contributed by atoms with Gasteiger partial charge in [0.2, 0.25) is 5.91 Å². The zero-order chi connectivity index (χ0) is 47.3. The summed E-state index contributed by atoms with van der Waals surface area (Å²) >= 11 is 0. The summed E-state index contributed by atoms with van der Waals surface area (Å²) in [5.74, 6) is -0.192. The van der Waals surface area contributed by atoms with E-state index in [9.17, 15) is 30.3 Å². The van der Waals surface area contributed by atoms with Crippen LogP contribution in [0.15, 0.2) is 97.2 Å². The van der Waals surface area contributed by atoms with Crippen molar-refractivity contribution in [3.8, 4) is 0 Å². The van der Waals surface area contributed by atoms with Crippen molar-refractivity contribution in [2.45, 2.75) is 236 Å². The summed E-state index contributed by atoms with van der Waals surface area (Å²) in [7, 11) is 0. The predicted molar refractivity (Wildman–Crippen MR) is 271 cm³/mol. The summed E-state index contributed by atoms with van der Waals surface area (Å²) < 4.78 is 11.1. The molecular formula is C56H95NO8. The Morgan fingerprint density at radius 3 is 1.38 bits per heavy atom. The number of rotatable bonds is 42. The molecule has 1 aliphatic rings. The van der Waals surface area contributed by atoms with Crippen LogP contribution < -0.4 is 5.32 Å². The molecule has 6 N–H and O–H groups in total. The van der Waals surface area contributed by atoms with Gasteiger partial charge in [0, 0.05) is 6.42 Å². The van der Waals surface area contributed by atoms with Crippen LogP contribution in [0.5, 0.6) is 0 Å². The van der Waals surface area contributed by atoms with Gasteiger partial charge < -0.3 is 40.3 Å². The number of aliphatic hydroxyl groups is 5. The number of ether oxygens (including phenoxy) is 2. The van der Waals surface area contributed by atoms with Crippen LogP contribution in [0.3, 0.4) is 0 Å². The van der Waals surface area contributed by atoms with Gasteiger partial charge in [0.15, 0.2) is 6.29 Å². The first-order valence-corrected chi connectivity index (χ1v) is 26.0. The molecule has 1 heterocycles. The first kappa shape index (κ1) is 60.1. The largest absolute Gasteiger partial charge is 0.394 e. The van der Waals surface area contributed by atoms with E-state index in [0.29, 0.717) is 6.42 Å². The highest BCUT2D eigenvalue weighted by Gasteiger charge is 2.44. The van der Waals surface area contributed by atoms with E-state index in [1.165, 1.54) is 96.3 Å². The minimum atomic E-state index is -1.56. The monoisotopic (exact) mass is 910 g/mol. The molecule has 9 nitrogen and oxygen atoms in total.